The van der Waals surface area contributed by atoms with Crippen LogP contribution < -0.4 is 0 Å². The van der Waals surface area contributed by atoms with Gasteiger partial charge in [0.2, 0.25) is 0 Å². The Labute approximate surface area is 78.4 Å². The van der Waals surface area contributed by atoms with Crippen molar-refractivity contribution in [3.63, 3.8) is 0 Å². The second kappa shape index (κ2) is 4.55. The first kappa shape index (κ1) is 9.65. The highest BCUT2D eigenvalue weighted by atomic mass is 32.2. The summed E-state index contributed by atoms with van der Waals surface area (Å²) < 4.78 is 2.12. The lowest BCUT2D eigenvalue weighted by atomic mass is 10.4. The van der Waals surface area contributed by atoms with Crippen LogP contribution in [0.5, 0.6) is 0 Å². The van der Waals surface area contributed by atoms with E-state index >= 15 is 0 Å². The van der Waals surface area contributed by atoms with Crippen LogP contribution in [0.4, 0.5) is 0 Å². The molecule has 0 radical (unpaired) electrons. The van der Waals surface area contributed by atoms with E-state index < -0.39 is 0 Å². The third-order valence-corrected chi connectivity index (χ3v) is 2.65. The summed E-state index contributed by atoms with van der Waals surface area (Å²) in [6.45, 7) is 7.14. The summed E-state index contributed by atoms with van der Waals surface area (Å²) in [5.74, 6) is 2.36. The summed E-state index contributed by atoms with van der Waals surface area (Å²) in [4.78, 5) is 0. The minimum absolute atomic E-state index is 1.09. The molecule has 0 fully saturated rings. The normalized spacial score (nSPS) is 14.6. The Bertz CT molecular complexity index is 219. The van der Waals surface area contributed by atoms with Crippen LogP contribution in [0.3, 0.4) is 0 Å². The van der Waals surface area contributed by atoms with Crippen LogP contribution in [-0.2, 0) is 12.3 Å². The number of nitrogens with zero attached hydrogens (tertiary/aromatic N) is 2. The fourth-order valence-electron chi connectivity index (χ4n) is 1.24. The maximum Gasteiger partial charge on any atom is 0.0596 e. The quantitative estimate of drug-likeness (QED) is 0.616. The maximum absolute atomic E-state index is 4.35. The van der Waals surface area contributed by atoms with Crippen LogP contribution >= 0.6 is 11.8 Å². The van der Waals surface area contributed by atoms with Gasteiger partial charge in [-0.05, 0) is 13.0 Å². The summed E-state index contributed by atoms with van der Waals surface area (Å²) >= 11 is 1.99. The average Bonchev–Trinajstić information content (AvgIpc) is 2.48. The Morgan fingerprint density at radius 2 is 2.25 bits per heavy atom. The fourth-order valence-corrected chi connectivity index (χ4v) is 2.12. The van der Waals surface area contributed by atoms with E-state index in [0.29, 0.717) is 0 Å². The number of hydrogen-bond acceptors (Lipinski definition) is 2. The van der Waals surface area contributed by atoms with E-state index in [9.17, 15) is 0 Å². The number of aryl methyl sites for hydroxylation is 2. The van der Waals surface area contributed by atoms with Gasteiger partial charge in [0.05, 0.1) is 12.2 Å². The summed E-state index contributed by atoms with van der Waals surface area (Å²) in [6.07, 6.45) is 0. The Morgan fingerprint density at radius 1 is 1.50 bits per heavy atom. The third-order valence-electron chi connectivity index (χ3n) is 1.68. The minimum atomic E-state index is 1.09. The van der Waals surface area contributed by atoms with Crippen molar-refractivity contribution in [3.05, 3.63) is 17.5 Å². The van der Waals surface area contributed by atoms with Gasteiger partial charge in [-0.25, -0.2) is 0 Å². The van der Waals surface area contributed by atoms with E-state index in [-0.39, 0.29) is 0 Å². The molecule has 1 aliphatic rings. The molecular formula is C9H16N2S. The van der Waals surface area contributed by atoms with Crippen LogP contribution in [0.25, 0.3) is 0 Å². The molecule has 1 aromatic rings. The first-order valence-electron chi connectivity index (χ1n) is 4.47. The monoisotopic (exact) mass is 184 g/mol. The van der Waals surface area contributed by atoms with Crippen molar-refractivity contribution in [2.75, 3.05) is 5.75 Å². The molecule has 1 aliphatic heterocycles. The van der Waals surface area contributed by atoms with Crippen molar-refractivity contribution in [1.82, 2.24) is 9.78 Å². The van der Waals surface area contributed by atoms with Crippen LogP contribution in [0, 0.1) is 6.92 Å². The fraction of sp³-hybridized carbons (Fsp3) is 0.667. The topological polar surface area (TPSA) is 17.8 Å². The molecule has 0 spiro atoms. The SMILES string of the molecule is CC.Cc1cc2n(n1)CCSC2. The van der Waals surface area contributed by atoms with E-state index in [2.05, 4.69) is 22.8 Å². The van der Waals surface area contributed by atoms with E-state index in [4.69, 9.17) is 0 Å². The second-order valence-corrected chi connectivity index (χ2v) is 3.66. The molecule has 2 nitrogen and oxygen atoms in total. The smallest absolute Gasteiger partial charge is 0.0596 e. The molecule has 0 saturated carbocycles. The van der Waals surface area contributed by atoms with E-state index in [1.165, 1.54) is 11.4 Å². The Morgan fingerprint density at radius 3 is 2.92 bits per heavy atom. The Balaban J connectivity index is 0.000000336. The van der Waals surface area contributed by atoms with E-state index in [1.807, 2.05) is 25.6 Å². The second-order valence-electron chi connectivity index (χ2n) is 2.55. The molecule has 12 heavy (non-hydrogen) atoms. The molecule has 0 aliphatic carbocycles. The van der Waals surface area contributed by atoms with Crippen LogP contribution in [0.2, 0.25) is 0 Å². The summed E-state index contributed by atoms with van der Waals surface area (Å²) in [5.41, 5.74) is 2.53. The predicted octanol–water partition coefficient (Wildman–Crippen LogP) is 2.46. The van der Waals surface area contributed by atoms with Crippen molar-refractivity contribution < 1.29 is 0 Å². The minimum Gasteiger partial charge on any atom is -0.268 e. The molecular weight excluding hydrogens is 168 g/mol. The summed E-state index contributed by atoms with van der Waals surface area (Å²) in [6, 6.07) is 2.17. The van der Waals surface area contributed by atoms with Crippen molar-refractivity contribution in [2.24, 2.45) is 0 Å². The molecule has 0 unspecified atom stereocenters. The maximum atomic E-state index is 4.35. The molecule has 0 aromatic carbocycles. The lowest BCUT2D eigenvalue weighted by Gasteiger charge is -2.11. The van der Waals surface area contributed by atoms with Gasteiger partial charge in [0, 0.05) is 17.2 Å². The highest BCUT2D eigenvalue weighted by Crippen LogP contribution is 2.18. The zero-order valence-corrected chi connectivity index (χ0v) is 8.82. The van der Waals surface area contributed by atoms with Gasteiger partial charge in [-0.1, -0.05) is 13.8 Å². The van der Waals surface area contributed by atoms with Gasteiger partial charge in [-0.15, -0.1) is 0 Å². The zero-order chi connectivity index (χ0) is 8.97. The third kappa shape index (κ3) is 2.03. The van der Waals surface area contributed by atoms with E-state index in [0.717, 1.165) is 18.0 Å². The van der Waals surface area contributed by atoms with E-state index in [1.54, 1.807) is 0 Å². The lowest BCUT2D eigenvalue weighted by molar-refractivity contribution is 0.628. The van der Waals surface area contributed by atoms with Gasteiger partial charge in [-0.2, -0.15) is 16.9 Å². The molecule has 2 rings (SSSR count). The first-order valence-corrected chi connectivity index (χ1v) is 5.63. The highest BCUT2D eigenvalue weighted by molar-refractivity contribution is 7.98. The lowest BCUT2D eigenvalue weighted by Crippen LogP contribution is -2.10. The number of rotatable bonds is 0. The summed E-state index contributed by atoms with van der Waals surface area (Å²) in [7, 11) is 0. The molecule has 1 aromatic heterocycles. The molecule has 68 valence electrons. The molecule has 0 bridgehead atoms. The number of fused-ring (bicyclic) bond motifs is 1. The number of aromatic nitrogens is 2. The van der Waals surface area contributed by atoms with Gasteiger partial charge in [0.15, 0.2) is 0 Å². The molecule has 3 heteroatoms. The average molecular weight is 184 g/mol. The Kier molecular flexibility index (Phi) is 3.66. The van der Waals surface area contributed by atoms with Gasteiger partial charge < -0.3 is 0 Å². The predicted molar refractivity (Wildman–Crippen MR) is 54.5 cm³/mol. The van der Waals surface area contributed by atoms with Gasteiger partial charge in [-0.3, -0.25) is 4.68 Å². The van der Waals surface area contributed by atoms with Crippen LogP contribution in [0.15, 0.2) is 6.07 Å². The number of hydrogen-bond donors (Lipinski definition) is 0. The molecule has 0 N–H and O–H groups in total. The van der Waals surface area contributed by atoms with Crippen LogP contribution in [-0.4, -0.2) is 15.5 Å². The van der Waals surface area contributed by atoms with Crippen molar-refractivity contribution >= 4 is 11.8 Å². The van der Waals surface area contributed by atoms with Crippen molar-refractivity contribution in [3.8, 4) is 0 Å². The molecule has 0 amide bonds. The van der Waals surface area contributed by atoms with Crippen molar-refractivity contribution in [1.29, 1.82) is 0 Å². The largest absolute Gasteiger partial charge is 0.268 e. The standard InChI is InChI=1S/C7H10N2S.C2H6/c1-6-4-7-5-10-3-2-9(7)8-6;1-2/h4H,2-3,5H2,1H3;1-2H3. The summed E-state index contributed by atoms with van der Waals surface area (Å²) in [5, 5.41) is 4.35. The Hall–Kier alpha value is -0.440. The van der Waals surface area contributed by atoms with Gasteiger partial charge >= 0.3 is 0 Å². The highest BCUT2D eigenvalue weighted by Gasteiger charge is 2.09. The first-order chi connectivity index (χ1) is 5.86. The molecule has 0 atom stereocenters. The van der Waals surface area contributed by atoms with Crippen molar-refractivity contribution in [2.45, 2.75) is 33.1 Å². The van der Waals surface area contributed by atoms with Crippen LogP contribution in [0.1, 0.15) is 25.2 Å². The number of thioether (sulfide) groups is 1. The molecule has 2 heterocycles. The molecule has 0 saturated heterocycles. The zero-order valence-electron chi connectivity index (χ0n) is 8.00. The van der Waals surface area contributed by atoms with Gasteiger partial charge in [0.1, 0.15) is 0 Å². The van der Waals surface area contributed by atoms with Gasteiger partial charge in [0.25, 0.3) is 0 Å².